The number of fused-ring (bicyclic) bond motifs is 1. The Hall–Kier alpha value is -3.52. The van der Waals surface area contributed by atoms with Gasteiger partial charge >= 0.3 is 0 Å². The molecule has 1 aromatic heterocycles. The fourth-order valence-electron chi connectivity index (χ4n) is 4.63. The Morgan fingerprint density at radius 1 is 1.06 bits per heavy atom. The van der Waals surface area contributed by atoms with E-state index in [0.717, 1.165) is 47.0 Å². The minimum absolute atomic E-state index is 0.0811. The molecule has 0 aliphatic carbocycles. The highest BCUT2D eigenvalue weighted by atomic mass is 19.1. The van der Waals surface area contributed by atoms with Crippen molar-refractivity contribution in [1.82, 2.24) is 14.9 Å². The lowest BCUT2D eigenvalue weighted by Crippen LogP contribution is -2.41. The van der Waals surface area contributed by atoms with Crippen LogP contribution in [0.15, 0.2) is 48.5 Å². The molecule has 2 aromatic carbocycles. The monoisotopic (exact) mass is 476 g/mol. The molecule has 0 radical (unpaired) electrons. The van der Waals surface area contributed by atoms with Crippen LogP contribution < -0.4 is 9.64 Å². The average Bonchev–Trinajstić information content (AvgIpc) is 2.89. The number of carbonyl (C=O) groups is 1. The Bertz CT molecular complexity index is 1200. The second-order valence-corrected chi connectivity index (χ2v) is 8.88. The van der Waals surface area contributed by atoms with E-state index >= 15 is 0 Å². The van der Waals surface area contributed by atoms with Crippen LogP contribution in [-0.2, 0) is 35.3 Å². The first-order valence-electron chi connectivity index (χ1n) is 12.0. The van der Waals surface area contributed by atoms with Crippen molar-refractivity contribution in [2.24, 2.45) is 0 Å². The number of methoxy groups -OCH3 is 1. The van der Waals surface area contributed by atoms with Gasteiger partial charge in [0, 0.05) is 38.0 Å². The maximum absolute atomic E-state index is 13.7. The van der Waals surface area contributed by atoms with E-state index in [-0.39, 0.29) is 11.7 Å². The molecule has 0 saturated carbocycles. The third kappa shape index (κ3) is 5.43. The zero-order valence-electron chi connectivity index (χ0n) is 19.9. The third-order valence-corrected chi connectivity index (χ3v) is 6.51. The van der Waals surface area contributed by atoms with Gasteiger partial charge in [0.25, 0.3) is 0 Å². The number of carbonyl (C=O) groups excluding carboxylic acids is 1. The zero-order chi connectivity index (χ0) is 24.2. The number of hydrogen-bond donors (Lipinski definition) is 0. The Kier molecular flexibility index (Phi) is 6.90. The molecule has 182 valence electrons. The molecule has 35 heavy (non-hydrogen) atoms. The molecule has 0 atom stereocenters. The second-order valence-electron chi connectivity index (χ2n) is 8.88. The number of hydrogen-bond acceptors (Lipinski definition) is 6. The van der Waals surface area contributed by atoms with E-state index in [4.69, 9.17) is 19.4 Å². The number of nitrogens with zero attached hydrogens (tertiary/aromatic N) is 4. The largest absolute Gasteiger partial charge is 0.497 e. The number of benzene rings is 2. The third-order valence-electron chi connectivity index (χ3n) is 6.51. The average molecular weight is 477 g/mol. The van der Waals surface area contributed by atoms with Crippen molar-refractivity contribution < 1.29 is 18.7 Å². The minimum Gasteiger partial charge on any atom is -0.497 e. The topological polar surface area (TPSA) is 67.8 Å². The van der Waals surface area contributed by atoms with Crippen LogP contribution in [-0.4, -0.2) is 60.7 Å². The molecule has 3 aromatic rings. The van der Waals surface area contributed by atoms with Gasteiger partial charge < -0.3 is 19.3 Å². The van der Waals surface area contributed by atoms with Gasteiger partial charge in [-0.05, 0) is 35.4 Å². The van der Waals surface area contributed by atoms with Crippen LogP contribution in [0.5, 0.6) is 5.75 Å². The van der Waals surface area contributed by atoms with E-state index in [2.05, 4.69) is 4.90 Å². The highest BCUT2D eigenvalue weighted by Gasteiger charge is 2.28. The molecule has 3 heterocycles. The molecule has 2 aliphatic heterocycles. The second kappa shape index (κ2) is 10.4. The summed E-state index contributed by atoms with van der Waals surface area (Å²) in [7, 11) is 1.63. The Labute approximate surface area is 204 Å². The van der Waals surface area contributed by atoms with Gasteiger partial charge in [0.15, 0.2) is 0 Å². The number of rotatable bonds is 6. The van der Waals surface area contributed by atoms with Crippen LogP contribution in [0.1, 0.15) is 28.2 Å². The summed E-state index contributed by atoms with van der Waals surface area (Å²) in [4.78, 5) is 27.0. The summed E-state index contributed by atoms with van der Waals surface area (Å²) >= 11 is 0. The summed E-state index contributed by atoms with van der Waals surface area (Å²) in [5, 5.41) is 0. The summed E-state index contributed by atoms with van der Waals surface area (Å²) in [6, 6.07) is 14.2. The molecule has 1 fully saturated rings. The summed E-state index contributed by atoms with van der Waals surface area (Å²) in [5.41, 5.74) is 3.77. The number of halogens is 1. The van der Waals surface area contributed by atoms with Crippen molar-refractivity contribution in [3.05, 3.63) is 82.6 Å². The van der Waals surface area contributed by atoms with E-state index in [9.17, 15) is 9.18 Å². The van der Waals surface area contributed by atoms with Gasteiger partial charge in [-0.2, -0.15) is 0 Å². The Morgan fingerprint density at radius 2 is 1.86 bits per heavy atom. The first-order chi connectivity index (χ1) is 17.1. The highest BCUT2D eigenvalue weighted by Crippen LogP contribution is 2.28. The van der Waals surface area contributed by atoms with E-state index in [1.165, 1.54) is 12.1 Å². The van der Waals surface area contributed by atoms with Crippen LogP contribution in [0, 0.1) is 5.82 Å². The Morgan fingerprint density at radius 3 is 2.60 bits per heavy atom. The van der Waals surface area contributed by atoms with E-state index < -0.39 is 0 Å². The lowest BCUT2D eigenvalue weighted by Gasteiger charge is -2.34. The van der Waals surface area contributed by atoms with Crippen LogP contribution >= 0.6 is 0 Å². The Balaban J connectivity index is 1.39. The number of morpholine rings is 1. The van der Waals surface area contributed by atoms with Crippen LogP contribution in [0.3, 0.4) is 0 Å². The van der Waals surface area contributed by atoms with Gasteiger partial charge in [0.05, 0.1) is 39.0 Å². The van der Waals surface area contributed by atoms with Crippen molar-refractivity contribution in [2.45, 2.75) is 25.8 Å². The molecule has 0 bridgehead atoms. The number of amides is 1. The zero-order valence-corrected chi connectivity index (χ0v) is 19.9. The van der Waals surface area contributed by atoms with Gasteiger partial charge in [-0.1, -0.05) is 24.3 Å². The fourth-order valence-corrected chi connectivity index (χ4v) is 4.63. The summed E-state index contributed by atoms with van der Waals surface area (Å²) in [5.74, 6) is 2.13. The number of ether oxygens (including phenoxy) is 2. The van der Waals surface area contributed by atoms with Gasteiger partial charge in [-0.25, -0.2) is 14.4 Å². The maximum Gasteiger partial charge on any atom is 0.227 e. The predicted molar refractivity (Wildman–Crippen MR) is 130 cm³/mol. The molecule has 7 nitrogen and oxygen atoms in total. The molecule has 1 amide bonds. The van der Waals surface area contributed by atoms with Gasteiger partial charge in [-0.3, -0.25) is 4.79 Å². The molecule has 0 spiro atoms. The summed E-state index contributed by atoms with van der Waals surface area (Å²) in [6.07, 6.45) is 1.47. The fraction of sp³-hybridized carbons (Fsp3) is 0.370. The molecular formula is C27H29FN4O3. The first-order valence-corrected chi connectivity index (χ1v) is 12.0. The quantitative estimate of drug-likeness (QED) is 0.545. The van der Waals surface area contributed by atoms with Gasteiger partial charge in [-0.15, -0.1) is 0 Å². The predicted octanol–water partition coefficient (Wildman–Crippen LogP) is 3.18. The summed E-state index contributed by atoms with van der Waals surface area (Å²) in [6.45, 7) is 3.85. The molecular weight excluding hydrogens is 447 g/mol. The smallest absolute Gasteiger partial charge is 0.227 e. The molecule has 0 N–H and O–H groups in total. The lowest BCUT2D eigenvalue weighted by molar-refractivity contribution is -0.131. The van der Waals surface area contributed by atoms with Crippen LogP contribution in [0.2, 0.25) is 0 Å². The summed E-state index contributed by atoms with van der Waals surface area (Å²) < 4.78 is 24.5. The van der Waals surface area contributed by atoms with Crippen molar-refractivity contribution in [1.29, 1.82) is 0 Å². The SMILES string of the molecule is COc1ccc(CC(=O)N2CCc3nc(Cc4cccc(F)c4)nc(N4CCOCC4)c3C2)cc1. The number of anilines is 1. The van der Waals surface area contributed by atoms with Crippen LogP contribution in [0.25, 0.3) is 0 Å². The molecule has 5 rings (SSSR count). The lowest BCUT2D eigenvalue weighted by atomic mass is 10.0. The van der Waals surface area contributed by atoms with E-state index in [0.29, 0.717) is 51.4 Å². The van der Waals surface area contributed by atoms with Crippen molar-refractivity contribution in [2.75, 3.05) is 44.9 Å². The first kappa shape index (κ1) is 23.2. The molecule has 1 saturated heterocycles. The minimum atomic E-state index is -0.264. The van der Waals surface area contributed by atoms with Gasteiger partial charge in [0.2, 0.25) is 5.91 Å². The molecule has 8 heteroatoms. The number of aromatic nitrogens is 2. The normalized spacial score (nSPS) is 15.6. The van der Waals surface area contributed by atoms with E-state index in [1.807, 2.05) is 35.2 Å². The standard InChI is InChI=1S/C27H29FN4O3/c1-34-22-7-5-19(6-8-22)17-26(33)32-10-9-24-23(18-32)27(31-11-13-35-14-12-31)30-25(29-24)16-20-3-2-4-21(28)15-20/h2-8,15H,9-14,16-18H2,1H3. The van der Waals surface area contributed by atoms with E-state index in [1.54, 1.807) is 13.2 Å². The highest BCUT2D eigenvalue weighted by molar-refractivity contribution is 5.79. The molecule has 2 aliphatic rings. The van der Waals surface area contributed by atoms with Crippen molar-refractivity contribution >= 4 is 11.7 Å². The van der Waals surface area contributed by atoms with Crippen LogP contribution in [0.4, 0.5) is 10.2 Å². The maximum atomic E-state index is 13.7. The molecule has 0 unspecified atom stereocenters. The van der Waals surface area contributed by atoms with Gasteiger partial charge in [0.1, 0.15) is 23.2 Å². The van der Waals surface area contributed by atoms with Crippen molar-refractivity contribution in [3.8, 4) is 5.75 Å². The van der Waals surface area contributed by atoms with Crippen molar-refractivity contribution in [3.63, 3.8) is 0 Å².